The van der Waals surface area contributed by atoms with Crippen LogP contribution in [0.25, 0.3) is 16.7 Å². The summed E-state index contributed by atoms with van der Waals surface area (Å²) in [5.74, 6) is 0.0747. The van der Waals surface area contributed by atoms with Gasteiger partial charge in [-0.2, -0.15) is 5.10 Å². The third-order valence-electron chi connectivity index (χ3n) is 4.73. The molecule has 4 aromatic rings. The highest BCUT2D eigenvalue weighted by molar-refractivity contribution is 7.99. The fraction of sp³-hybridized carbons (Fsp3) is 0.143. The van der Waals surface area contributed by atoms with Gasteiger partial charge in [0.25, 0.3) is 5.56 Å². The Kier molecular flexibility index (Phi) is 5.25. The van der Waals surface area contributed by atoms with Crippen LogP contribution in [-0.4, -0.2) is 31.3 Å². The molecule has 0 aliphatic rings. The molecule has 2 aromatic carbocycles. The Hall–Kier alpha value is -2.90. The molecule has 0 aliphatic heterocycles. The van der Waals surface area contributed by atoms with Crippen LogP contribution in [0, 0.1) is 13.8 Å². The molecular formula is C21H17ClN4O2S. The van der Waals surface area contributed by atoms with E-state index in [1.54, 1.807) is 28.9 Å². The molecule has 2 aromatic heterocycles. The van der Waals surface area contributed by atoms with Crippen molar-refractivity contribution in [1.29, 1.82) is 0 Å². The summed E-state index contributed by atoms with van der Waals surface area (Å²) in [6, 6.07) is 12.6. The first-order valence-electron chi connectivity index (χ1n) is 8.90. The van der Waals surface area contributed by atoms with E-state index >= 15 is 0 Å². The molecule has 0 saturated carbocycles. The molecule has 0 aliphatic carbocycles. The number of H-pyrrole nitrogens is 1. The highest BCUT2D eigenvalue weighted by atomic mass is 35.5. The molecule has 0 radical (unpaired) electrons. The molecule has 146 valence electrons. The number of rotatable bonds is 5. The Morgan fingerprint density at radius 2 is 1.93 bits per heavy atom. The van der Waals surface area contributed by atoms with E-state index in [2.05, 4.69) is 15.1 Å². The lowest BCUT2D eigenvalue weighted by atomic mass is 10.1. The number of benzene rings is 2. The summed E-state index contributed by atoms with van der Waals surface area (Å²) in [5.41, 5.74) is 3.79. The number of aryl methyl sites for hydroxylation is 1. The van der Waals surface area contributed by atoms with Crippen LogP contribution >= 0.6 is 23.4 Å². The first kappa shape index (κ1) is 19.4. The number of hydrogen-bond donors (Lipinski definition) is 1. The Labute approximate surface area is 175 Å². The SMILES string of the molecule is Cc1cccc(-n2ncc3c(=O)[nH]c(SCC(=O)c4ccc(Cl)cc4)nc32)c1C. The van der Waals surface area contributed by atoms with Crippen LogP contribution in [0.15, 0.2) is 58.6 Å². The maximum Gasteiger partial charge on any atom is 0.262 e. The van der Waals surface area contributed by atoms with Crippen LogP contribution < -0.4 is 5.56 Å². The summed E-state index contributed by atoms with van der Waals surface area (Å²) in [6.45, 7) is 4.03. The topological polar surface area (TPSA) is 80.6 Å². The largest absolute Gasteiger partial charge is 0.301 e. The summed E-state index contributed by atoms with van der Waals surface area (Å²) >= 11 is 7.04. The van der Waals surface area contributed by atoms with Gasteiger partial charge in [-0.15, -0.1) is 0 Å². The van der Waals surface area contributed by atoms with Gasteiger partial charge in [-0.25, -0.2) is 9.67 Å². The van der Waals surface area contributed by atoms with Crippen molar-refractivity contribution in [3.8, 4) is 5.69 Å². The monoisotopic (exact) mass is 424 g/mol. The quantitative estimate of drug-likeness (QED) is 0.292. The van der Waals surface area contributed by atoms with Gasteiger partial charge in [-0.1, -0.05) is 35.5 Å². The zero-order valence-electron chi connectivity index (χ0n) is 15.8. The van der Waals surface area contributed by atoms with Gasteiger partial charge in [-0.3, -0.25) is 9.59 Å². The minimum absolute atomic E-state index is 0.0718. The van der Waals surface area contributed by atoms with Crippen LogP contribution in [0.2, 0.25) is 5.02 Å². The van der Waals surface area contributed by atoms with Crippen molar-refractivity contribution in [1.82, 2.24) is 19.7 Å². The molecule has 2 heterocycles. The molecule has 0 spiro atoms. The maximum atomic E-state index is 12.5. The third-order valence-corrected chi connectivity index (χ3v) is 5.85. The second-order valence-electron chi connectivity index (χ2n) is 6.60. The molecular weight excluding hydrogens is 408 g/mol. The van der Waals surface area contributed by atoms with E-state index in [9.17, 15) is 9.59 Å². The number of carbonyl (C=O) groups is 1. The second-order valence-corrected chi connectivity index (χ2v) is 8.00. The number of halogens is 1. The maximum absolute atomic E-state index is 12.5. The number of aromatic amines is 1. The van der Waals surface area contributed by atoms with Gasteiger partial charge in [0.15, 0.2) is 16.6 Å². The van der Waals surface area contributed by atoms with Crippen LogP contribution in [0.3, 0.4) is 0 Å². The number of fused-ring (bicyclic) bond motifs is 1. The Bertz CT molecular complexity index is 1280. The molecule has 0 unspecified atom stereocenters. The minimum Gasteiger partial charge on any atom is -0.301 e. The Morgan fingerprint density at radius 3 is 2.69 bits per heavy atom. The van der Waals surface area contributed by atoms with Crippen molar-refractivity contribution in [2.45, 2.75) is 19.0 Å². The average Bonchev–Trinajstić information content (AvgIpc) is 3.13. The Balaban J connectivity index is 1.66. The number of hydrogen-bond acceptors (Lipinski definition) is 5. The van der Waals surface area contributed by atoms with Crippen LogP contribution in [0.1, 0.15) is 21.5 Å². The third kappa shape index (κ3) is 3.83. The first-order valence-corrected chi connectivity index (χ1v) is 10.3. The number of thioether (sulfide) groups is 1. The first-order chi connectivity index (χ1) is 13.9. The van der Waals surface area contributed by atoms with Crippen molar-refractivity contribution in [2.24, 2.45) is 0 Å². The summed E-state index contributed by atoms with van der Waals surface area (Å²) < 4.78 is 1.66. The Morgan fingerprint density at radius 1 is 1.17 bits per heavy atom. The molecule has 0 amide bonds. The lowest BCUT2D eigenvalue weighted by molar-refractivity contribution is 0.102. The summed E-state index contributed by atoms with van der Waals surface area (Å²) in [6.07, 6.45) is 1.51. The molecule has 4 rings (SSSR count). The highest BCUT2D eigenvalue weighted by Gasteiger charge is 2.15. The van der Waals surface area contributed by atoms with Gasteiger partial charge in [-0.05, 0) is 55.3 Å². The highest BCUT2D eigenvalue weighted by Crippen LogP contribution is 2.22. The summed E-state index contributed by atoms with van der Waals surface area (Å²) in [5, 5.41) is 5.71. The number of ketones is 1. The number of Topliss-reactive ketones (excluding diaryl/α,β-unsaturated/α-hetero) is 1. The lowest BCUT2D eigenvalue weighted by Gasteiger charge is -2.09. The van der Waals surface area contributed by atoms with Crippen molar-refractivity contribution in [3.05, 3.63) is 80.7 Å². The van der Waals surface area contributed by atoms with Gasteiger partial charge in [0.05, 0.1) is 17.6 Å². The summed E-state index contributed by atoms with van der Waals surface area (Å²) in [7, 11) is 0. The number of nitrogens with one attached hydrogen (secondary N) is 1. The molecule has 0 bridgehead atoms. The number of nitrogens with zero attached hydrogens (tertiary/aromatic N) is 3. The zero-order chi connectivity index (χ0) is 20.5. The van der Waals surface area contributed by atoms with E-state index in [0.29, 0.717) is 26.8 Å². The van der Waals surface area contributed by atoms with Crippen molar-refractivity contribution < 1.29 is 4.79 Å². The number of aromatic nitrogens is 4. The lowest BCUT2D eigenvalue weighted by Crippen LogP contribution is -2.11. The van der Waals surface area contributed by atoms with E-state index in [0.717, 1.165) is 16.8 Å². The fourth-order valence-corrected chi connectivity index (χ4v) is 3.84. The van der Waals surface area contributed by atoms with Crippen LogP contribution in [-0.2, 0) is 0 Å². The zero-order valence-corrected chi connectivity index (χ0v) is 17.3. The van der Waals surface area contributed by atoms with E-state index in [4.69, 9.17) is 11.6 Å². The van der Waals surface area contributed by atoms with Gasteiger partial charge >= 0.3 is 0 Å². The van der Waals surface area contributed by atoms with E-state index in [1.165, 1.54) is 18.0 Å². The van der Waals surface area contributed by atoms with Gasteiger partial charge in [0.1, 0.15) is 5.39 Å². The van der Waals surface area contributed by atoms with Crippen LogP contribution in [0.4, 0.5) is 0 Å². The predicted octanol–water partition coefficient (Wildman–Crippen LogP) is 4.35. The molecule has 0 atom stereocenters. The molecule has 8 heteroatoms. The molecule has 6 nitrogen and oxygen atoms in total. The molecule has 1 N–H and O–H groups in total. The number of carbonyl (C=O) groups excluding carboxylic acids is 1. The molecule has 29 heavy (non-hydrogen) atoms. The van der Waals surface area contributed by atoms with Crippen molar-refractivity contribution >= 4 is 40.2 Å². The van der Waals surface area contributed by atoms with E-state index < -0.39 is 0 Å². The normalized spacial score (nSPS) is 11.1. The van der Waals surface area contributed by atoms with Gasteiger partial charge in [0, 0.05) is 10.6 Å². The second kappa shape index (κ2) is 7.85. The van der Waals surface area contributed by atoms with Gasteiger partial charge < -0.3 is 4.98 Å². The smallest absolute Gasteiger partial charge is 0.262 e. The fourth-order valence-electron chi connectivity index (χ4n) is 2.96. The molecule has 0 fully saturated rings. The van der Waals surface area contributed by atoms with E-state index in [1.807, 2.05) is 32.0 Å². The minimum atomic E-state index is -0.284. The van der Waals surface area contributed by atoms with Crippen molar-refractivity contribution in [2.75, 3.05) is 5.75 Å². The molecule has 0 saturated heterocycles. The van der Waals surface area contributed by atoms with Crippen molar-refractivity contribution in [3.63, 3.8) is 0 Å². The summed E-state index contributed by atoms with van der Waals surface area (Å²) in [4.78, 5) is 32.2. The average molecular weight is 425 g/mol. The van der Waals surface area contributed by atoms with Gasteiger partial charge in [0.2, 0.25) is 0 Å². The standard InChI is InChI=1S/C21H17ClN4O2S/c1-12-4-3-5-17(13(12)2)26-19-16(10-23-26)20(28)25-21(24-19)29-11-18(27)14-6-8-15(22)9-7-14/h3-10H,11H2,1-2H3,(H,24,25,28). The van der Waals surface area contributed by atoms with Crippen LogP contribution in [0.5, 0.6) is 0 Å². The van der Waals surface area contributed by atoms with E-state index in [-0.39, 0.29) is 17.1 Å². The predicted molar refractivity (Wildman–Crippen MR) is 115 cm³/mol.